The predicted molar refractivity (Wildman–Crippen MR) is 57.2 cm³/mol. The monoisotopic (exact) mass is 229 g/mol. The van der Waals surface area contributed by atoms with Crippen LogP contribution in [0.25, 0.3) is 0 Å². The summed E-state index contributed by atoms with van der Waals surface area (Å²) >= 11 is 0. The number of ether oxygens (including phenoxy) is 1. The van der Waals surface area contributed by atoms with E-state index < -0.39 is 18.1 Å². The maximum atomic E-state index is 11.0. The van der Waals surface area contributed by atoms with Crippen molar-refractivity contribution in [3.63, 3.8) is 0 Å². The van der Waals surface area contributed by atoms with Crippen LogP contribution in [0.1, 0.15) is 26.2 Å². The average Bonchev–Trinajstić information content (AvgIpc) is 2.74. The molecule has 2 rings (SSSR count). The first-order valence-corrected chi connectivity index (χ1v) is 5.86. The Hall–Kier alpha value is -0.650. The normalized spacial score (nSPS) is 40.4. The highest BCUT2D eigenvalue weighted by Gasteiger charge is 2.38. The second-order valence-corrected chi connectivity index (χ2v) is 4.84. The molecule has 4 atom stereocenters. The van der Waals surface area contributed by atoms with Crippen LogP contribution in [0.3, 0.4) is 0 Å². The second kappa shape index (κ2) is 4.69. The maximum absolute atomic E-state index is 11.0. The molecule has 2 N–H and O–H groups in total. The summed E-state index contributed by atoms with van der Waals surface area (Å²) in [5, 5.41) is 18.5. The summed E-state index contributed by atoms with van der Waals surface area (Å²) in [7, 11) is 0. The van der Waals surface area contributed by atoms with Gasteiger partial charge in [-0.05, 0) is 19.8 Å². The molecule has 2 aliphatic heterocycles. The second-order valence-electron chi connectivity index (χ2n) is 4.84. The molecule has 0 aromatic rings. The molecular formula is C11H19NO4. The highest BCUT2D eigenvalue weighted by molar-refractivity contribution is 5.74. The summed E-state index contributed by atoms with van der Waals surface area (Å²) in [5.74, 6) is -0.845. The van der Waals surface area contributed by atoms with Crippen LogP contribution < -0.4 is 0 Å². The Labute approximate surface area is 95.0 Å². The van der Waals surface area contributed by atoms with Gasteiger partial charge in [0, 0.05) is 19.5 Å². The summed E-state index contributed by atoms with van der Waals surface area (Å²) in [6, 6.07) is -0.547. The Kier molecular flexibility index (Phi) is 3.47. The largest absolute Gasteiger partial charge is 0.480 e. The number of nitrogens with zero attached hydrogens (tertiary/aromatic N) is 1. The summed E-state index contributed by atoms with van der Waals surface area (Å²) < 4.78 is 5.67. The van der Waals surface area contributed by atoms with Crippen molar-refractivity contribution in [2.45, 2.75) is 50.5 Å². The van der Waals surface area contributed by atoms with E-state index in [0.29, 0.717) is 19.5 Å². The number of β-amino-alcohol motifs (C(OH)–C–C–N with tert-alkyl or cyclic N) is 1. The van der Waals surface area contributed by atoms with Crippen LogP contribution in [0, 0.1) is 0 Å². The van der Waals surface area contributed by atoms with Gasteiger partial charge in [0.2, 0.25) is 0 Å². The van der Waals surface area contributed by atoms with Crippen molar-refractivity contribution in [2.75, 3.05) is 13.1 Å². The van der Waals surface area contributed by atoms with Crippen LogP contribution in [-0.4, -0.2) is 58.5 Å². The van der Waals surface area contributed by atoms with Gasteiger partial charge < -0.3 is 14.9 Å². The predicted octanol–water partition coefficient (Wildman–Crippen LogP) is 0.0737. The quantitative estimate of drug-likeness (QED) is 0.717. The minimum atomic E-state index is -0.845. The van der Waals surface area contributed by atoms with Crippen LogP contribution >= 0.6 is 0 Å². The van der Waals surface area contributed by atoms with Gasteiger partial charge in [-0.15, -0.1) is 0 Å². The number of carboxylic acids is 1. The summed E-state index contributed by atoms with van der Waals surface area (Å²) in [5.41, 5.74) is 0. The van der Waals surface area contributed by atoms with E-state index in [1.807, 2.05) is 11.8 Å². The Balaban J connectivity index is 1.90. The van der Waals surface area contributed by atoms with Crippen LogP contribution in [0.4, 0.5) is 0 Å². The van der Waals surface area contributed by atoms with Gasteiger partial charge in [-0.1, -0.05) is 0 Å². The minimum absolute atomic E-state index is 0.127. The number of carbonyl (C=O) groups is 1. The molecule has 0 bridgehead atoms. The summed E-state index contributed by atoms with van der Waals surface area (Å²) in [6.45, 7) is 3.11. The van der Waals surface area contributed by atoms with E-state index in [9.17, 15) is 9.90 Å². The number of aliphatic hydroxyl groups excluding tert-OH is 1. The molecule has 2 saturated heterocycles. The molecule has 4 unspecified atom stereocenters. The van der Waals surface area contributed by atoms with Gasteiger partial charge in [0.15, 0.2) is 0 Å². The molecule has 2 fully saturated rings. The Morgan fingerprint density at radius 2 is 2.25 bits per heavy atom. The molecule has 0 radical (unpaired) electrons. The van der Waals surface area contributed by atoms with Crippen molar-refractivity contribution in [1.82, 2.24) is 4.90 Å². The minimum Gasteiger partial charge on any atom is -0.480 e. The molecule has 0 spiro atoms. The van der Waals surface area contributed by atoms with Gasteiger partial charge >= 0.3 is 5.97 Å². The number of hydrogen-bond acceptors (Lipinski definition) is 4. The molecule has 16 heavy (non-hydrogen) atoms. The highest BCUT2D eigenvalue weighted by Crippen LogP contribution is 2.24. The van der Waals surface area contributed by atoms with Gasteiger partial charge in [-0.25, -0.2) is 0 Å². The number of aliphatic hydroxyl groups is 1. The fourth-order valence-corrected chi connectivity index (χ4v) is 2.62. The van der Waals surface area contributed by atoms with Crippen LogP contribution in [0.15, 0.2) is 0 Å². The molecule has 5 nitrogen and oxygen atoms in total. The number of rotatable bonds is 3. The molecular weight excluding hydrogens is 210 g/mol. The first-order valence-electron chi connectivity index (χ1n) is 5.86. The zero-order valence-electron chi connectivity index (χ0n) is 9.50. The number of aliphatic carboxylic acids is 1. The van der Waals surface area contributed by atoms with Gasteiger partial charge in [0.1, 0.15) is 6.04 Å². The third-order valence-electron chi connectivity index (χ3n) is 3.42. The first kappa shape index (κ1) is 11.8. The van der Waals surface area contributed by atoms with E-state index >= 15 is 0 Å². The molecule has 0 aliphatic carbocycles. The van der Waals surface area contributed by atoms with Gasteiger partial charge in [-0.2, -0.15) is 0 Å². The molecule has 0 aromatic carbocycles. The van der Waals surface area contributed by atoms with E-state index in [-0.39, 0.29) is 12.2 Å². The van der Waals surface area contributed by atoms with Crippen molar-refractivity contribution in [3.8, 4) is 0 Å². The topological polar surface area (TPSA) is 70.0 Å². The smallest absolute Gasteiger partial charge is 0.321 e. The van der Waals surface area contributed by atoms with Crippen molar-refractivity contribution in [3.05, 3.63) is 0 Å². The van der Waals surface area contributed by atoms with Crippen LogP contribution in [-0.2, 0) is 9.53 Å². The molecule has 0 saturated carbocycles. The lowest BCUT2D eigenvalue weighted by atomic mass is 10.2. The first-order chi connectivity index (χ1) is 7.56. The number of carboxylic acid groups (broad SMARTS) is 1. The number of likely N-dealkylation sites (tertiary alicyclic amines) is 1. The highest BCUT2D eigenvalue weighted by atomic mass is 16.5. The summed E-state index contributed by atoms with van der Waals surface area (Å²) in [6.07, 6.45) is 2.25. The number of hydrogen-bond donors (Lipinski definition) is 2. The van der Waals surface area contributed by atoms with Crippen molar-refractivity contribution in [1.29, 1.82) is 0 Å². The van der Waals surface area contributed by atoms with E-state index in [1.165, 1.54) is 0 Å². The zero-order chi connectivity index (χ0) is 11.7. The standard InChI is InChI=1S/C11H19NO4/c1-7-2-3-9(16-7)6-12-5-8(13)4-10(12)11(14)15/h7-10,13H,2-6H2,1H3,(H,14,15). The molecule has 0 amide bonds. The Morgan fingerprint density at radius 3 is 2.81 bits per heavy atom. The van der Waals surface area contributed by atoms with Crippen LogP contribution in [0.5, 0.6) is 0 Å². The molecule has 92 valence electrons. The van der Waals surface area contributed by atoms with Gasteiger partial charge in [0.05, 0.1) is 18.3 Å². The fraction of sp³-hybridized carbons (Fsp3) is 0.909. The Morgan fingerprint density at radius 1 is 1.50 bits per heavy atom. The van der Waals surface area contributed by atoms with Crippen molar-refractivity contribution < 1.29 is 19.7 Å². The van der Waals surface area contributed by atoms with E-state index in [2.05, 4.69) is 0 Å². The van der Waals surface area contributed by atoms with Gasteiger partial charge in [0.25, 0.3) is 0 Å². The fourth-order valence-electron chi connectivity index (χ4n) is 2.62. The SMILES string of the molecule is CC1CCC(CN2CC(O)CC2C(=O)O)O1. The average molecular weight is 229 g/mol. The molecule has 0 aromatic heterocycles. The van der Waals surface area contributed by atoms with Crippen LogP contribution in [0.2, 0.25) is 0 Å². The lowest BCUT2D eigenvalue weighted by Crippen LogP contribution is -2.40. The van der Waals surface area contributed by atoms with Crippen molar-refractivity contribution in [2.24, 2.45) is 0 Å². The third-order valence-corrected chi connectivity index (χ3v) is 3.42. The maximum Gasteiger partial charge on any atom is 0.321 e. The molecule has 2 aliphatic rings. The third kappa shape index (κ3) is 2.53. The summed E-state index contributed by atoms with van der Waals surface area (Å²) in [4.78, 5) is 12.8. The molecule has 2 heterocycles. The molecule has 5 heteroatoms. The lowest BCUT2D eigenvalue weighted by molar-refractivity contribution is -0.142. The van der Waals surface area contributed by atoms with Gasteiger partial charge in [-0.3, -0.25) is 9.69 Å². The van der Waals surface area contributed by atoms with E-state index in [4.69, 9.17) is 9.84 Å². The lowest BCUT2D eigenvalue weighted by Gasteiger charge is -2.24. The zero-order valence-corrected chi connectivity index (χ0v) is 9.50. The van der Waals surface area contributed by atoms with E-state index in [0.717, 1.165) is 12.8 Å². The van der Waals surface area contributed by atoms with E-state index in [1.54, 1.807) is 0 Å². The Bertz CT molecular complexity index is 271. The van der Waals surface area contributed by atoms with Crippen molar-refractivity contribution >= 4 is 5.97 Å².